The van der Waals surface area contributed by atoms with Crippen LogP contribution in [0.25, 0.3) is 10.2 Å². The van der Waals surface area contributed by atoms with E-state index in [1.807, 2.05) is 24.5 Å². The molecule has 10 heteroatoms. The van der Waals surface area contributed by atoms with E-state index in [-0.39, 0.29) is 16.7 Å². The molecule has 0 spiro atoms. The minimum absolute atomic E-state index is 0.0764. The average Bonchev–Trinajstić information content (AvgIpc) is 3.16. The van der Waals surface area contributed by atoms with Crippen molar-refractivity contribution in [2.24, 2.45) is 5.92 Å². The van der Waals surface area contributed by atoms with Crippen molar-refractivity contribution in [1.82, 2.24) is 9.29 Å². The Kier molecular flexibility index (Phi) is 6.36. The number of nitrogens with one attached hydrogen (secondary N) is 1. The van der Waals surface area contributed by atoms with E-state index in [2.05, 4.69) is 10.3 Å². The van der Waals surface area contributed by atoms with Gasteiger partial charge in [0.1, 0.15) is 0 Å². The number of carbonyl (C=O) groups excluding carboxylic acids is 1. The van der Waals surface area contributed by atoms with Crippen molar-refractivity contribution >= 4 is 66.5 Å². The van der Waals surface area contributed by atoms with Gasteiger partial charge in [0, 0.05) is 29.7 Å². The molecule has 0 atom stereocenters. The number of sulfonamides is 1. The molecule has 3 aromatic rings. The molecular formula is C20H20ClN3O3S3. The van der Waals surface area contributed by atoms with Crippen molar-refractivity contribution in [2.45, 2.75) is 22.1 Å². The van der Waals surface area contributed by atoms with Gasteiger partial charge in [0.25, 0.3) is 0 Å². The number of nitrogens with zero attached hydrogens (tertiary/aromatic N) is 2. The van der Waals surface area contributed by atoms with E-state index in [4.69, 9.17) is 11.6 Å². The highest BCUT2D eigenvalue weighted by atomic mass is 35.5. The van der Waals surface area contributed by atoms with Gasteiger partial charge in [-0.2, -0.15) is 4.31 Å². The minimum atomic E-state index is -3.58. The van der Waals surface area contributed by atoms with Gasteiger partial charge in [-0.25, -0.2) is 13.4 Å². The number of fused-ring (bicyclic) bond motifs is 1. The van der Waals surface area contributed by atoms with Crippen LogP contribution in [0.5, 0.6) is 0 Å². The molecule has 1 saturated heterocycles. The summed E-state index contributed by atoms with van der Waals surface area (Å²) in [6.45, 7) is 0.627. The number of aromatic nitrogens is 1. The smallest absolute Gasteiger partial charge is 0.243 e. The molecule has 0 saturated carbocycles. The second kappa shape index (κ2) is 8.84. The van der Waals surface area contributed by atoms with Crippen LogP contribution in [0.1, 0.15) is 12.8 Å². The number of hydrogen-bond donors (Lipinski definition) is 1. The van der Waals surface area contributed by atoms with Gasteiger partial charge in [-0.1, -0.05) is 23.4 Å². The van der Waals surface area contributed by atoms with E-state index in [0.717, 1.165) is 20.2 Å². The predicted molar refractivity (Wildman–Crippen MR) is 123 cm³/mol. The summed E-state index contributed by atoms with van der Waals surface area (Å²) >= 11 is 9.04. The lowest BCUT2D eigenvalue weighted by atomic mass is 9.97. The van der Waals surface area contributed by atoms with Gasteiger partial charge in [0.15, 0.2) is 4.34 Å². The molecule has 2 aromatic carbocycles. The standard InChI is InChI=1S/C20H20ClN3O3S3/c1-28-20-23-17-7-4-15(12-18(17)29-20)22-19(25)13-8-10-24(11-9-13)30(26,27)16-5-2-14(21)3-6-16/h2-7,12-13H,8-11H2,1H3,(H,22,25). The van der Waals surface area contributed by atoms with Crippen LogP contribution in [0.15, 0.2) is 51.7 Å². The molecule has 158 valence electrons. The van der Waals surface area contributed by atoms with Gasteiger partial charge in [-0.3, -0.25) is 4.79 Å². The molecule has 1 aliphatic rings. The van der Waals surface area contributed by atoms with Crippen LogP contribution in [-0.4, -0.2) is 43.0 Å². The summed E-state index contributed by atoms with van der Waals surface area (Å²) < 4.78 is 29.0. The minimum Gasteiger partial charge on any atom is -0.326 e. The number of thiazole rings is 1. The molecule has 30 heavy (non-hydrogen) atoms. The highest BCUT2D eigenvalue weighted by Crippen LogP contribution is 2.31. The van der Waals surface area contributed by atoms with Crippen molar-refractivity contribution in [1.29, 1.82) is 0 Å². The lowest BCUT2D eigenvalue weighted by Gasteiger charge is -2.30. The first-order valence-corrected chi connectivity index (χ1v) is 13.2. The Hall–Kier alpha value is -1.65. The van der Waals surface area contributed by atoms with Crippen LogP contribution in [0, 0.1) is 5.92 Å². The second-order valence-electron chi connectivity index (χ2n) is 6.99. The molecule has 0 bridgehead atoms. The fourth-order valence-electron chi connectivity index (χ4n) is 3.43. The first-order valence-electron chi connectivity index (χ1n) is 9.38. The molecule has 1 fully saturated rings. The Balaban J connectivity index is 1.39. The molecule has 4 rings (SSSR count). The molecule has 2 heterocycles. The number of amides is 1. The lowest BCUT2D eigenvalue weighted by molar-refractivity contribution is -0.120. The van der Waals surface area contributed by atoms with Gasteiger partial charge < -0.3 is 5.32 Å². The van der Waals surface area contributed by atoms with Gasteiger partial charge in [-0.15, -0.1) is 11.3 Å². The Morgan fingerprint density at radius 1 is 1.20 bits per heavy atom. The van der Waals surface area contributed by atoms with Crippen molar-refractivity contribution < 1.29 is 13.2 Å². The largest absolute Gasteiger partial charge is 0.326 e. The number of piperidine rings is 1. The summed E-state index contributed by atoms with van der Waals surface area (Å²) in [6.07, 6.45) is 2.95. The fraction of sp³-hybridized carbons (Fsp3) is 0.300. The second-order valence-corrected chi connectivity index (χ2v) is 11.4. The quantitative estimate of drug-likeness (QED) is 0.534. The zero-order valence-corrected chi connectivity index (χ0v) is 19.4. The number of carbonyl (C=O) groups is 1. The maximum atomic E-state index is 12.8. The Bertz CT molecular complexity index is 1170. The summed E-state index contributed by atoms with van der Waals surface area (Å²) in [5.41, 5.74) is 1.66. The van der Waals surface area contributed by atoms with Crippen molar-refractivity contribution in [3.63, 3.8) is 0 Å². The number of benzene rings is 2. The normalized spacial score (nSPS) is 16.1. The molecule has 1 N–H and O–H groups in total. The van der Waals surface area contributed by atoms with Crippen LogP contribution in [0.4, 0.5) is 5.69 Å². The van der Waals surface area contributed by atoms with E-state index in [0.29, 0.717) is 31.0 Å². The Labute approximate surface area is 188 Å². The van der Waals surface area contributed by atoms with Crippen molar-refractivity contribution in [3.8, 4) is 0 Å². The first-order chi connectivity index (χ1) is 14.4. The van der Waals surface area contributed by atoms with E-state index in [9.17, 15) is 13.2 Å². The number of thioether (sulfide) groups is 1. The number of hydrogen-bond acceptors (Lipinski definition) is 6. The number of anilines is 1. The lowest BCUT2D eigenvalue weighted by Crippen LogP contribution is -2.41. The third-order valence-corrected chi connectivity index (χ3v) is 9.26. The molecular weight excluding hydrogens is 462 g/mol. The molecule has 0 aliphatic carbocycles. The summed E-state index contributed by atoms with van der Waals surface area (Å²) in [6, 6.07) is 11.8. The van der Waals surface area contributed by atoms with Crippen LogP contribution >= 0.6 is 34.7 Å². The Morgan fingerprint density at radius 2 is 1.90 bits per heavy atom. The first kappa shape index (κ1) is 21.6. The third-order valence-electron chi connectivity index (χ3n) is 5.09. The SMILES string of the molecule is CSc1nc2ccc(NC(=O)C3CCN(S(=O)(=O)c4ccc(Cl)cc4)CC3)cc2s1. The third kappa shape index (κ3) is 4.50. The molecule has 6 nitrogen and oxygen atoms in total. The van der Waals surface area contributed by atoms with Crippen molar-refractivity contribution in [2.75, 3.05) is 24.7 Å². The highest BCUT2D eigenvalue weighted by Gasteiger charge is 2.32. The Morgan fingerprint density at radius 3 is 2.57 bits per heavy atom. The van der Waals surface area contributed by atoms with Gasteiger partial charge >= 0.3 is 0 Å². The monoisotopic (exact) mass is 481 g/mol. The van der Waals surface area contributed by atoms with E-state index >= 15 is 0 Å². The van der Waals surface area contributed by atoms with Gasteiger partial charge in [0.05, 0.1) is 15.1 Å². The maximum Gasteiger partial charge on any atom is 0.243 e. The molecule has 1 amide bonds. The van der Waals surface area contributed by atoms with Crippen LogP contribution in [0.2, 0.25) is 5.02 Å². The predicted octanol–water partition coefficient (Wildman–Crippen LogP) is 4.71. The van der Waals surface area contributed by atoms with Crippen LogP contribution < -0.4 is 5.32 Å². The molecule has 0 unspecified atom stereocenters. The summed E-state index contributed by atoms with van der Waals surface area (Å²) in [5, 5.41) is 3.46. The fourth-order valence-corrected chi connectivity index (χ4v) is 6.55. The van der Waals surface area contributed by atoms with Crippen LogP contribution in [-0.2, 0) is 14.8 Å². The van der Waals surface area contributed by atoms with Gasteiger partial charge in [0.2, 0.25) is 15.9 Å². The van der Waals surface area contributed by atoms with E-state index in [1.165, 1.54) is 16.4 Å². The van der Waals surface area contributed by atoms with E-state index in [1.54, 1.807) is 35.2 Å². The van der Waals surface area contributed by atoms with Crippen molar-refractivity contribution in [3.05, 3.63) is 47.5 Å². The highest BCUT2D eigenvalue weighted by molar-refractivity contribution is 8.00. The zero-order chi connectivity index (χ0) is 21.3. The topological polar surface area (TPSA) is 79.4 Å². The van der Waals surface area contributed by atoms with E-state index < -0.39 is 10.0 Å². The summed E-state index contributed by atoms with van der Waals surface area (Å²) in [7, 11) is -3.58. The van der Waals surface area contributed by atoms with Gasteiger partial charge in [-0.05, 0) is 61.6 Å². The van der Waals surface area contributed by atoms with Crippen LogP contribution in [0.3, 0.4) is 0 Å². The number of rotatable bonds is 5. The maximum absolute atomic E-state index is 12.8. The zero-order valence-electron chi connectivity index (χ0n) is 16.2. The molecule has 1 aromatic heterocycles. The molecule has 0 radical (unpaired) electrons. The summed E-state index contributed by atoms with van der Waals surface area (Å²) in [5.74, 6) is -0.298. The number of halogens is 1. The average molecular weight is 482 g/mol. The summed E-state index contributed by atoms with van der Waals surface area (Å²) in [4.78, 5) is 17.4. The molecule has 1 aliphatic heterocycles.